The highest BCUT2D eigenvalue weighted by Crippen LogP contribution is 2.46. The van der Waals surface area contributed by atoms with Gasteiger partial charge in [-0.1, -0.05) is 32.9 Å². The minimum atomic E-state index is -0.905. The van der Waals surface area contributed by atoms with Crippen LogP contribution in [0, 0.1) is 5.41 Å². The molecule has 0 spiro atoms. The summed E-state index contributed by atoms with van der Waals surface area (Å²) in [5.41, 5.74) is -1.18. The van der Waals surface area contributed by atoms with E-state index in [-0.39, 0.29) is 11.4 Å². The molecule has 1 aliphatic rings. The maximum Gasteiger partial charge on any atom is 0.341 e. The van der Waals surface area contributed by atoms with E-state index in [2.05, 4.69) is 13.2 Å². The number of carbonyl (C=O) groups excluding carboxylic acids is 1. The number of cyclic esters (lactones) is 1. The van der Waals surface area contributed by atoms with Crippen molar-refractivity contribution >= 4 is 5.97 Å². The summed E-state index contributed by atoms with van der Waals surface area (Å²) in [7, 11) is 0. The van der Waals surface area contributed by atoms with Crippen LogP contribution in [0.1, 0.15) is 47.0 Å². The Hall–Kier alpha value is -1.09. The molecule has 3 heteroatoms. The molecule has 102 valence electrons. The molecule has 0 aromatic carbocycles. The molecule has 0 saturated carbocycles. The number of carbonyl (C=O) groups is 1. The van der Waals surface area contributed by atoms with Gasteiger partial charge in [0.15, 0.2) is 5.60 Å². The van der Waals surface area contributed by atoms with E-state index in [4.69, 9.17) is 9.47 Å². The van der Waals surface area contributed by atoms with Crippen LogP contribution >= 0.6 is 0 Å². The van der Waals surface area contributed by atoms with Crippen molar-refractivity contribution in [3.8, 4) is 0 Å². The first-order valence-electron chi connectivity index (χ1n) is 6.36. The second-order valence-corrected chi connectivity index (χ2v) is 6.00. The molecular weight excluding hydrogens is 228 g/mol. The lowest BCUT2D eigenvalue weighted by atomic mass is 9.86. The number of hydrogen-bond donors (Lipinski definition) is 0. The average Bonchev–Trinajstić information content (AvgIpc) is 2.49. The van der Waals surface area contributed by atoms with Crippen LogP contribution in [0.2, 0.25) is 0 Å². The molecule has 0 aromatic rings. The predicted octanol–water partition coefficient (Wildman–Crippen LogP) is 3.60. The van der Waals surface area contributed by atoms with Crippen molar-refractivity contribution in [2.24, 2.45) is 5.41 Å². The molecule has 0 aliphatic carbocycles. The molecule has 0 aromatic heterocycles. The van der Waals surface area contributed by atoms with Crippen molar-refractivity contribution in [3.63, 3.8) is 0 Å². The normalized spacial score (nSPS) is 32.1. The van der Waals surface area contributed by atoms with Gasteiger partial charge in [-0.2, -0.15) is 0 Å². The van der Waals surface area contributed by atoms with Gasteiger partial charge in [-0.05, 0) is 12.8 Å². The van der Waals surface area contributed by atoms with Crippen LogP contribution in [0.15, 0.2) is 25.3 Å². The van der Waals surface area contributed by atoms with E-state index < -0.39 is 11.4 Å². The second kappa shape index (κ2) is 4.88. The van der Waals surface area contributed by atoms with Crippen molar-refractivity contribution in [1.82, 2.24) is 0 Å². The zero-order chi connectivity index (χ0) is 14.0. The SMILES string of the molecule is C=CCC[C@@]1(CC=C)O[C@](C)(C(C)(C)C)OC1=O. The highest BCUT2D eigenvalue weighted by atomic mass is 16.8. The van der Waals surface area contributed by atoms with Crippen LogP contribution in [0.4, 0.5) is 0 Å². The first-order valence-corrected chi connectivity index (χ1v) is 6.36. The molecule has 2 atom stereocenters. The Labute approximate surface area is 110 Å². The van der Waals surface area contributed by atoms with Crippen LogP contribution in [0.25, 0.3) is 0 Å². The Morgan fingerprint density at radius 1 is 1.28 bits per heavy atom. The minimum absolute atomic E-state index is 0.278. The molecule has 1 fully saturated rings. The standard InChI is InChI=1S/C15H24O3/c1-7-9-11-15(10-8-2)12(16)17-14(6,18-15)13(3,4)5/h7-8H,1-2,9-11H2,3-6H3/t14-,15-/m1/s1. The number of allylic oxidation sites excluding steroid dienone is 1. The van der Waals surface area contributed by atoms with Crippen molar-refractivity contribution in [3.05, 3.63) is 25.3 Å². The molecule has 0 radical (unpaired) electrons. The Morgan fingerprint density at radius 2 is 1.89 bits per heavy atom. The van der Waals surface area contributed by atoms with E-state index in [1.54, 1.807) is 12.2 Å². The fourth-order valence-electron chi connectivity index (χ4n) is 1.96. The van der Waals surface area contributed by atoms with E-state index >= 15 is 0 Å². The van der Waals surface area contributed by atoms with Gasteiger partial charge in [-0.15, -0.1) is 13.2 Å². The fraction of sp³-hybridized carbons (Fsp3) is 0.667. The third-order valence-electron chi connectivity index (χ3n) is 3.64. The zero-order valence-electron chi connectivity index (χ0n) is 11.9. The van der Waals surface area contributed by atoms with Crippen molar-refractivity contribution in [2.75, 3.05) is 0 Å². The van der Waals surface area contributed by atoms with Crippen LogP contribution in [0.3, 0.4) is 0 Å². The third-order valence-corrected chi connectivity index (χ3v) is 3.64. The van der Waals surface area contributed by atoms with Gasteiger partial charge in [-0.25, -0.2) is 4.79 Å². The summed E-state index contributed by atoms with van der Waals surface area (Å²) in [6.45, 7) is 15.2. The van der Waals surface area contributed by atoms with Gasteiger partial charge >= 0.3 is 5.97 Å². The lowest BCUT2D eigenvalue weighted by Gasteiger charge is -2.37. The lowest BCUT2D eigenvalue weighted by molar-refractivity contribution is -0.232. The molecule has 1 aliphatic heterocycles. The van der Waals surface area contributed by atoms with Gasteiger partial charge in [0.2, 0.25) is 5.79 Å². The average molecular weight is 252 g/mol. The topological polar surface area (TPSA) is 35.5 Å². The van der Waals surface area contributed by atoms with E-state index in [0.717, 1.165) is 0 Å². The molecule has 0 N–H and O–H groups in total. The largest absolute Gasteiger partial charge is 0.431 e. The molecule has 0 amide bonds. The number of hydrogen-bond acceptors (Lipinski definition) is 3. The van der Waals surface area contributed by atoms with E-state index in [1.807, 2.05) is 27.7 Å². The predicted molar refractivity (Wildman–Crippen MR) is 72.0 cm³/mol. The quantitative estimate of drug-likeness (QED) is 0.554. The first kappa shape index (κ1) is 15.0. The summed E-state index contributed by atoms with van der Waals surface area (Å²) in [5, 5.41) is 0. The Bertz CT molecular complexity index is 353. The zero-order valence-corrected chi connectivity index (χ0v) is 11.9. The lowest BCUT2D eigenvalue weighted by Crippen LogP contribution is -2.43. The third kappa shape index (κ3) is 2.51. The molecule has 1 rings (SSSR count). The van der Waals surface area contributed by atoms with Gasteiger partial charge in [0, 0.05) is 18.8 Å². The fourth-order valence-corrected chi connectivity index (χ4v) is 1.96. The number of esters is 1. The Balaban J connectivity index is 3.03. The van der Waals surface area contributed by atoms with Gasteiger partial charge in [0.05, 0.1) is 0 Å². The van der Waals surface area contributed by atoms with Crippen LogP contribution in [-0.2, 0) is 14.3 Å². The minimum Gasteiger partial charge on any atom is -0.431 e. The summed E-state index contributed by atoms with van der Waals surface area (Å²) >= 11 is 0. The van der Waals surface area contributed by atoms with Crippen LogP contribution in [-0.4, -0.2) is 17.4 Å². The van der Waals surface area contributed by atoms with E-state index in [9.17, 15) is 4.79 Å². The Kier molecular flexibility index (Phi) is 4.06. The molecular formula is C15H24O3. The molecule has 0 unspecified atom stereocenters. The molecule has 3 nitrogen and oxygen atoms in total. The molecule has 1 saturated heterocycles. The van der Waals surface area contributed by atoms with Crippen molar-refractivity contribution in [1.29, 1.82) is 0 Å². The van der Waals surface area contributed by atoms with Gasteiger partial charge < -0.3 is 9.47 Å². The molecule has 18 heavy (non-hydrogen) atoms. The summed E-state index contributed by atoms with van der Waals surface area (Å²) in [5.74, 6) is -1.18. The van der Waals surface area contributed by atoms with Gasteiger partial charge in [0.1, 0.15) is 0 Å². The highest BCUT2D eigenvalue weighted by Gasteiger charge is 2.59. The molecule has 1 heterocycles. The maximum absolute atomic E-state index is 12.2. The van der Waals surface area contributed by atoms with E-state index in [1.165, 1.54) is 0 Å². The monoisotopic (exact) mass is 252 g/mol. The molecule has 0 bridgehead atoms. The highest BCUT2D eigenvalue weighted by molar-refractivity contribution is 5.82. The maximum atomic E-state index is 12.2. The van der Waals surface area contributed by atoms with Gasteiger partial charge in [-0.3, -0.25) is 0 Å². The van der Waals surface area contributed by atoms with E-state index in [0.29, 0.717) is 19.3 Å². The van der Waals surface area contributed by atoms with Crippen LogP contribution in [0.5, 0.6) is 0 Å². The summed E-state index contributed by atoms with van der Waals surface area (Å²) in [6, 6.07) is 0. The first-order chi connectivity index (χ1) is 8.21. The summed E-state index contributed by atoms with van der Waals surface area (Å²) in [4.78, 5) is 12.2. The number of ether oxygens (including phenoxy) is 2. The summed E-state index contributed by atoms with van der Waals surface area (Å²) < 4.78 is 11.6. The van der Waals surface area contributed by atoms with Gasteiger partial charge in [0.25, 0.3) is 0 Å². The second-order valence-electron chi connectivity index (χ2n) is 6.00. The van der Waals surface area contributed by atoms with Crippen LogP contribution < -0.4 is 0 Å². The Morgan fingerprint density at radius 3 is 2.28 bits per heavy atom. The van der Waals surface area contributed by atoms with Crippen molar-refractivity contribution < 1.29 is 14.3 Å². The van der Waals surface area contributed by atoms with Crippen molar-refractivity contribution in [2.45, 2.75) is 58.3 Å². The number of rotatable bonds is 5. The summed E-state index contributed by atoms with van der Waals surface area (Å²) in [6.07, 6.45) is 5.24. The smallest absolute Gasteiger partial charge is 0.341 e.